The van der Waals surface area contributed by atoms with E-state index < -0.39 is 5.97 Å². The fraction of sp³-hybridized carbons (Fsp3) is 0.250. The van der Waals surface area contributed by atoms with E-state index in [9.17, 15) is 14.7 Å². The van der Waals surface area contributed by atoms with Gasteiger partial charge >= 0.3 is 5.97 Å². The number of nitrogens with zero attached hydrogens (tertiary/aromatic N) is 3. The van der Waals surface area contributed by atoms with E-state index in [2.05, 4.69) is 15.6 Å². The molecule has 33 heavy (non-hydrogen) atoms. The zero-order chi connectivity index (χ0) is 23.9. The summed E-state index contributed by atoms with van der Waals surface area (Å²) < 4.78 is 1.52. The number of aromatic nitrogens is 2. The Hall–Kier alpha value is -3.72. The van der Waals surface area contributed by atoms with E-state index in [1.807, 2.05) is 43.9 Å². The molecule has 0 aliphatic carbocycles. The van der Waals surface area contributed by atoms with Crippen LogP contribution in [0.3, 0.4) is 0 Å². The quantitative estimate of drug-likeness (QED) is 0.311. The van der Waals surface area contributed by atoms with E-state index in [1.165, 1.54) is 4.68 Å². The van der Waals surface area contributed by atoms with Crippen LogP contribution in [-0.2, 0) is 6.42 Å². The minimum Gasteiger partial charge on any atom is -0.478 e. The zero-order valence-electron chi connectivity index (χ0n) is 18.9. The maximum absolute atomic E-state index is 13.1. The molecule has 0 saturated carbocycles. The maximum atomic E-state index is 13.1. The summed E-state index contributed by atoms with van der Waals surface area (Å²) in [5.74, 6) is -0.953. The molecular weight excluding hydrogens is 438 g/mol. The standard InChI is InChI=1S/C24H25N5O3S/c1-13-5-7-19(11-14(13)2)29-22(30)21(16(4)27-29)15(3)25-26-24(33)28-10-9-17-12-18(23(31)32)6-8-20(17)28/h5-8,11-12,27H,9-10H2,1-4H3,(H,26,33)(H,31,32)/b25-15+. The molecule has 2 heterocycles. The normalized spacial score (nSPS) is 13.2. The Morgan fingerprint density at radius 3 is 2.61 bits per heavy atom. The van der Waals surface area contributed by atoms with Crippen molar-refractivity contribution in [2.45, 2.75) is 34.1 Å². The van der Waals surface area contributed by atoms with Gasteiger partial charge in [0.15, 0.2) is 5.11 Å². The molecule has 170 valence electrons. The van der Waals surface area contributed by atoms with Crippen LogP contribution >= 0.6 is 12.2 Å². The number of hydrogen-bond acceptors (Lipinski definition) is 4. The number of rotatable bonds is 4. The van der Waals surface area contributed by atoms with Gasteiger partial charge < -0.3 is 10.0 Å². The van der Waals surface area contributed by atoms with Gasteiger partial charge in [-0.2, -0.15) is 5.10 Å². The van der Waals surface area contributed by atoms with Crippen LogP contribution in [0.4, 0.5) is 5.69 Å². The van der Waals surface area contributed by atoms with Crippen molar-refractivity contribution in [1.82, 2.24) is 15.2 Å². The van der Waals surface area contributed by atoms with Crippen LogP contribution in [0, 0.1) is 20.8 Å². The second kappa shape index (κ2) is 8.67. The summed E-state index contributed by atoms with van der Waals surface area (Å²) in [5, 5.41) is 17.1. The number of H-pyrrole nitrogens is 1. The molecule has 0 atom stereocenters. The molecule has 0 amide bonds. The van der Waals surface area contributed by atoms with Crippen LogP contribution in [0.2, 0.25) is 0 Å². The fourth-order valence-corrected chi connectivity index (χ4v) is 4.25. The monoisotopic (exact) mass is 463 g/mol. The SMILES string of the molecule is C/C(=N\NC(=S)N1CCc2cc(C(=O)O)ccc21)c1c(C)[nH]n(-c2ccc(C)c(C)c2)c1=O. The Morgan fingerprint density at radius 2 is 1.91 bits per heavy atom. The van der Waals surface area contributed by atoms with Gasteiger partial charge in [-0.25, -0.2) is 9.48 Å². The molecule has 3 aromatic rings. The predicted molar refractivity (Wildman–Crippen MR) is 133 cm³/mol. The summed E-state index contributed by atoms with van der Waals surface area (Å²) >= 11 is 5.52. The summed E-state index contributed by atoms with van der Waals surface area (Å²) in [6.07, 6.45) is 0.693. The summed E-state index contributed by atoms with van der Waals surface area (Å²) in [6, 6.07) is 10.9. The van der Waals surface area contributed by atoms with Crippen LogP contribution in [0.25, 0.3) is 5.69 Å². The molecule has 0 fully saturated rings. The number of fused-ring (bicyclic) bond motifs is 1. The first kappa shape index (κ1) is 22.5. The van der Waals surface area contributed by atoms with Crippen molar-refractivity contribution >= 4 is 34.7 Å². The van der Waals surface area contributed by atoms with Crippen LogP contribution in [0.1, 0.15) is 45.2 Å². The lowest BCUT2D eigenvalue weighted by atomic mass is 10.1. The second-order valence-electron chi connectivity index (χ2n) is 8.19. The summed E-state index contributed by atoms with van der Waals surface area (Å²) in [6.45, 7) is 8.26. The molecule has 9 heteroatoms. The van der Waals surface area contributed by atoms with Gasteiger partial charge in [-0.05, 0) is 93.4 Å². The van der Waals surface area contributed by atoms with E-state index in [0.29, 0.717) is 35.0 Å². The Balaban J connectivity index is 1.55. The lowest BCUT2D eigenvalue weighted by Crippen LogP contribution is -2.36. The Kier molecular flexibility index (Phi) is 5.90. The number of thiocarbonyl (C=S) groups is 1. The average Bonchev–Trinajstić information content (AvgIpc) is 3.33. The third kappa shape index (κ3) is 4.19. The van der Waals surface area contributed by atoms with Crippen LogP contribution in [0.5, 0.6) is 0 Å². The Labute approximate surface area is 196 Å². The topological polar surface area (TPSA) is 103 Å². The molecule has 1 aliphatic heterocycles. The largest absolute Gasteiger partial charge is 0.478 e. The first-order valence-electron chi connectivity index (χ1n) is 10.5. The lowest BCUT2D eigenvalue weighted by Gasteiger charge is -2.19. The van der Waals surface area contributed by atoms with E-state index in [4.69, 9.17) is 12.2 Å². The van der Waals surface area contributed by atoms with Crippen molar-refractivity contribution in [2.75, 3.05) is 11.4 Å². The minimum absolute atomic E-state index is 0.183. The number of benzene rings is 2. The van der Waals surface area contributed by atoms with Gasteiger partial charge in [-0.1, -0.05) is 6.07 Å². The van der Waals surface area contributed by atoms with Gasteiger partial charge in [-0.15, -0.1) is 0 Å². The van der Waals surface area contributed by atoms with Crippen molar-refractivity contribution < 1.29 is 9.90 Å². The number of carboxylic acid groups (broad SMARTS) is 1. The number of hydrogen-bond donors (Lipinski definition) is 3. The first-order valence-corrected chi connectivity index (χ1v) is 11.0. The third-order valence-corrected chi connectivity index (χ3v) is 6.28. The van der Waals surface area contributed by atoms with E-state index >= 15 is 0 Å². The highest BCUT2D eigenvalue weighted by atomic mass is 32.1. The molecule has 1 aliphatic rings. The average molecular weight is 464 g/mol. The van der Waals surface area contributed by atoms with Crippen LogP contribution < -0.4 is 15.9 Å². The predicted octanol–water partition coefficient (Wildman–Crippen LogP) is 3.45. The van der Waals surface area contributed by atoms with E-state index in [0.717, 1.165) is 28.1 Å². The summed E-state index contributed by atoms with van der Waals surface area (Å²) in [7, 11) is 0. The van der Waals surface area contributed by atoms with Crippen molar-refractivity contribution in [1.29, 1.82) is 0 Å². The summed E-state index contributed by atoms with van der Waals surface area (Å²) in [4.78, 5) is 26.2. The van der Waals surface area contributed by atoms with Crippen molar-refractivity contribution in [2.24, 2.45) is 5.10 Å². The Morgan fingerprint density at radius 1 is 1.15 bits per heavy atom. The fourth-order valence-electron chi connectivity index (χ4n) is 4.01. The Bertz CT molecular complexity index is 1370. The zero-order valence-corrected chi connectivity index (χ0v) is 19.7. The molecule has 0 bridgehead atoms. The van der Waals surface area contributed by atoms with Crippen LogP contribution in [0.15, 0.2) is 46.3 Å². The van der Waals surface area contributed by atoms with E-state index in [1.54, 1.807) is 25.1 Å². The number of hydrazone groups is 1. The highest BCUT2D eigenvalue weighted by molar-refractivity contribution is 7.80. The highest BCUT2D eigenvalue weighted by Gasteiger charge is 2.23. The molecule has 2 aromatic carbocycles. The second-order valence-corrected chi connectivity index (χ2v) is 8.57. The molecule has 1 aromatic heterocycles. The lowest BCUT2D eigenvalue weighted by molar-refractivity contribution is 0.0697. The molecule has 4 rings (SSSR count). The number of aryl methyl sites for hydroxylation is 3. The van der Waals surface area contributed by atoms with Gasteiger partial charge in [0.25, 0.3) is 5.56 Å². The maximum Gasteiger partial charge on any atom is 0.335 e. The van der Waals surface area contributed by atoms with Gasteiger partial charge in [0.05, 0.1) is 22.5 Å². The van der Waals surface area contributed by atoms with Crippen molar-refractivity contribution in [3.05, 3.63) is 80.3 Å². The van der Waals surface area contributed by atoms with Gasteiger partial charge in [0, 0.05) is 17.9 Å². The van der Waals surface area contributed by atoms with Crippen molar-refractivity contribution in [3.63, 3.8) is 0 Å². The number of aromatic carboxylic acids is 1. The molecule has 0 unspecified atom stereocenters. The molecule has 3 N–H and O–H groups in total. The van der Waals surface area contributed by atoms with Gasteiger partial charge in [0.2, 0.25) is 0 Å². The number of carbonyl (C=O) groups is 1. The smallest absolute Gasteiger partial charge is 0.335 e. The highest BCUT2D eigenvalue weighted by Crippen LogP contribution is 2.29. The molecule has 0 spiro atoms. The first-order chi connectivity index (χ1) is 15.7. The van der Waals surface area contributed by atoms with Crippen LogP contribution in [-0.4, -0.2) is 38.2 Å². The summed E-state index contributed by atoms with van der Waals surface area (Å²) in [5.41, 5.74) is 9.49. The molecule has 8 nitrogen and oxygen atoms in total. The van der Waals surface area contributed by atoms with Crippen molar-refractivity contribution in [3.8, 4) is 5.69 Å². The number of aromatic amines is 1. The van der Waals surface area contributed by atoms with Gasteiger partial charge in [-0.3, -0.25) is 15.3 Å². The number of nitrogens with one attached hydrogen (secondary N) is 2. The number of carboxylic acids is 1. The third-order valence-electron chi connectivity index (χ3n) is 5.97. The molecule has 0 radical (unpaired) electrons. The van der Waals surface area contributed by atoms with Gasteiger partial charge in [0.1, 0.15) is 0 Å². The number of anilines is 1. The molecule has 0 saturated heterocycles. The molecular formula is C24H25N5O3S. The van der Waals surface area contributed by atoms with E-state index in [-0.39, 0.29) is 11.1 Å². The minimum atomic E-state index is -0.953.